The molecule has 2 rings (SSSR count). The monoisotopic (exact) mass is 292 g/mol. The van der Waals surface area contributed by atoms with Gasteiger partial charge in [0.05, 0.1) is 10.4 Å². The third kappa shape index (κ3) is 1.69. The van der Waals surface area contributed by atoms with Crippen LogP contribution in [0.15, 0.2) is 12.1 Å². The van der Waals surface area contributed by atoms with Crippen LogP contribution in [0.3, 0.4) is 0 Å². The van der Waals surface area contributed by atoms with E-state index < -0.39 is 0 Å². The van der Waals surface area contributed by atoms with Gasteiger partial charge >= 0.3 is 5.95 Å². The summed E-state index contributed by atoms with van der Waals surface area (Å²) in [5.41, 5.74) is 1.18. The highest BCUT2D eigenvalue weighted by atomic mass is 79.9. The molecule has 0 atom stereocenters. The molecule has 0 spiro atoms. The number of benzene rings is 1. The van der Waals surface area contributed by atoms with Gasteiger partial charge in [0.2, 0.25) is 5.52 Å². The number of aromatic amines is 1. The molecule has 0 bridgehead atoms. The summed E-state index contributed by atoms with van der Waals surface area (Å²) in [7, 11) is 0. The van der Waals surface area contributed by atoms with Crippen molar-refractivity contribution in [2.24, 2.45) is 0 Å². The molecule has 0 saturated heterocycles. The Labute approximate surface area is 99.6 Å². The molecule has 0 amide bonds. The zero-order valence-corrected chi connectivity index (χ0v) is 9.73. The lowest BCUT2D eigenvalue weighted by molar-refractivity contribution is -0.00000280. The normalized spacial score (nSPS) is 9.50. The first-order valence-corrected chi connectivity index (χ1v) is 4.17. The number of aromatic nitrogens is 2. The molecule has 1 N–H and O–H groups in total. The third-order valence-electron chi connectivity index (χ3n) is 1.63. The number of diazo groups is 1. The van der Waals surface area contributed by atoms with Crippen molar-refractivity contribution in [2.45, 2.75) is 0 Å². The first kappa shape index (κ1) is 11.2. The van der Waals surface area contributed by atoms with Crippen LogP contribution in [0, 0.1) is 5.39 Å². The smallest absolute Gasteiger partial charge is 0.526 e. The first-order chi connectivity index (χ1) is 6.22. The summed E-state index contributed by atoms with van der Waals surface area (Å²) in [4.78, 5) is 9.56. The van der Waals surface area contributed by atoms with Crippen LogP contribution in [0.5, 0.6) is 0 Å². The zero-order chi connectivity index (χ0) is 9.42. The molecule has 0 unspecified atom stereocenters. The van der Waals surface area contributed by atoms with Gasteiger partial charge < -0.3 is 17.0 Å². The predicted molar refractivity (Wildman–Crippen MR) is 50.9 cm³/mol. The Balaban J connectivity index is 0.000000980. The summed E-state index contributed by atoms with van der Waals surface area (Å²) in [5.74, 6) is 0.110. The van der Waals surface area contributed by atoms with Crippen LogP contribution in [-0.2, 0) is 0 Å². The van der Waals surface area contributed by atoms with Crippen LogP contribution in [0.25, 0.3) is 16.0 Å². The summed E-state index contributed by atoms with van der Waals surface area (Å²) < 4.78 is 0. The van der Waals surface area contributed by atoms with E-state index in [1.165, 1.54) is 0 Å². The number of nitrogens with zero attached hydrogens (tertiary/aromatic N) is 3. The lowest BCUT2D eigenvalue weighted by atomic mass is 10.3. The van der Waals surface area contributed by atoms with E-state index in [4.69, 9.17) is 28.6 Å². The second-order valence-corrected chi connectivity index (χ2v) is 3.20. The van der Waals surface area contributed by atoms with E-state index >= 15 is 0 Å². The Hall–Kier alpha value is -0.830. The van der Waals surface area contributed by atoms with Gasteiger partial charge in [0, 0.05) is 0 Å². The summed E-state index contributed by atoms with van der Waals surface area (Å²) in [6.45, 7) is 0. The number of nitrogens with one attached hydrogen (secondary N) is 1. The fraction of sp³-hybridized carbons (Fsp3) is 0. The average molecular weight is 294 g/mol. The summed E-state index contributed by atoms with van der Waals surface area (Å²) in [6.07, 6.45) is 0. The minimum Gasteiger partial charge on any atom is -1.00 e. The summed E-state index contributed by atoms with van der Waals surface area (Å²) in [6, 6.07) is 3.36. The highest BCUT2D eigenvalue weighted by molar-refractivity contribution is 6.44. The maximum Gasteiger partial charge on any atom is 0.526 e. The molecule has 0 aliphatic heterocycles. The number of hydrogen-bond donors (Lipinski definition) is 1. The van der Waals surface area contributed by atoms with E-state index in [2.05, 4.69) is 14.9 Å². The maximum absolute atomic E-state index is 8.45. The highest BCUT2D eigenvalue weighted by Gasteiger charge is 2.17. The second kappa shape index (κ2) is 4.13. The summed E-state index contributed by atoms with van der Waals surface area (Å²) in [5, 5.41) is 9.23. The van der Waals surface area contributed by atoms with Crippen molar-refractivity contribution in [1.29, 1.82) is 5.39 Å². The molecule has 0 aliphatic rings. The van der Waals surface area contributed by atoms with E-state index in [1.54, 1.807) is 12.1 Å². The molecule has 0 saturated carbocycles. The fourth-order valence-electron chi connectivity index (χ4n) is 1.05. The van der Waals surface area contributed by atoms with Gasteiger partial charge in [-0.1, -0.05) is 23.2 Å². The van der Waals surface area contributed by atoms with Crippen LogP contribution in [-0.4, -0.2) is 9.97 Å². The maximum atomic E-state index is 8.45. The third-order valence-corrected chi connectivity index (χ3v) is 2.42. The topological polar surface area (TPSA) is 56.8 Å². The molecule has 7 heteroatoms. The molecule has 1 aromatic heterocycles. The Morgan fingerprint density at radius 2 is 2.07 bits per heavy atom. The predicted octanol–water partition coefficient (Wildman–Crippen LogP) is 0.358. The summed E-state index contributed by atoms with van der Waals surface area (Å²) >= 11 is 11.6. The SMILES string of the molecule is N#[N+]c1nc2c(Cl)c(Cl)ccc2[nH]1.[Br-]. The molecule has 14 heavy (non-hydrogen) atoms. The molecule has 4 nitrogen and oxygen atoms in total. The lowest BCUT2D eigenvalue weighted by Crippen LogP contribution is -3.00. The minimum atomic E-state index is 0. The Kier molecular flexibility index (Phi) is 3.32. The van der Waals surface area contributed by atoms with Crippen LogP contribution in [0.1, 0.15) is 0 Å². The number of hydrogen-bond acceptors (Lipinski definition) is 2. The largest absolute Gasteiger partial charge is 1.00 e. The first-order valence-electron chi connectivity index (χ1n) is 3.41. The quantitative estimate of drug-likeness (QED) is 0.713. The van der Waals surface area contributed by atoms with Crippen molar-refractivity contribution in [2.75, 3.05) is 0 Å². The number of imidazole rings is 1. The van der Waals surface area contributed by atoms with Gasteiger partial charge in [-0.15, -0.1) is 0 Å². The molecule has 1 aromatic carbocycles. The average Bonchev–Trinajstić information content (AvgIpc) is 2.55. The van der Waals surface area contributed by atoms with Gasteiger partial charge in [-0.3, -0.25) is 0 Å². The molecule has 1 heterocycles. The van der Waals surface area contributed by atoms with E-state index in [0.29, 0.717) is 21.1 Å². The molecular formula is C7H3BrCl2N4. The van der Waals surface area contributed by atoms with Crippen LogP contribution < -0.4 is 17.0 Å². The van der Waals surface area contributed by atoms with Crippen molar-refractivity contribution in [3.8, 4) is 0 Å². The number of halogens is 3. The van der Waals surface area contributed by atoms with Crippen molar-refractivity contribution >= 4 is 40.2 Å². The minimum absolute atomic E-state index is 0. The molecular weight excluding hydrogens is 291 g/mol. The number of H-pyrrole nitrogens is 1. The standard InChI is InChI=1S/C7H3Cl2N4.BrH/c8-3-1-2-4-6(5(3)9)12-7(11-4)13-10;/h1-2H,(H,11,12);1H/q+1;/p-1. The van der Waals surface area contributed by atoms with Crippen molar-refractivity contribution in [3.05, 3.63) is 27.2 Å². The highest BCUT2D eigenvalue weighted by Crippen LogP contribution is 2.30. The zero-order valence-electron chi connectivity index (χ0n) is 6.63. The fourth-order valence-corrected chi connectivity index (χ4v) is 1.41. The molecule has 0 fully saturated rings. The van der Waals surface area contributed by atoms with Gasteiger partial charge in [0.1, 0.15) is 10.5 Å². The van der Waals surface area contributed by atoms with Crippen molar-refractivity contribution < 1.29 is 17.0 Å². The van der Waals surface area contributed by atoms with Crippen molar-refractivity contribution in [3.63, 3.8) is 0 Å². The van der Waals surface area contributed by atoms with Crippen LogP contribution in [0.4, 0.5) is 5.95 Å². The van der Waals surface area contributed by atoms with Crippen molar-refractivity contribution in [1.82, 2.24) is 9.97 Å². The molecule has 0 aliphatic carbocycles. The van der Waals surface area contributed by atoms with Gasteiger partial charge in [-0.25, -0.2) is 4.98 Å². The van der Waals surface area contributed by atoms with E-state index in [9.17, 15) is 0 Å². The van der Waals surface area contributed by atoms with Gasteiger partial charge in [0.25, 0.3) is 0 Å². The number of fused-ring (bicyclic) bond motifs is 1. The van der Waals surface area contributed by atoms with Gasteiger partial charge in [-0.2, -0.15) is 0 Å². The van der Waals surface area contributed by atoms with Gasteiger partial charge in [-0.05, 0) is 22.1 Å². The van der Waals surface area contributed by atoms with E-state index in [0.717, 1.165) is 0 Å². The Morgan fingerprint density at radius 1 is 1.36 bits per heavy atom. The lowest BCUT2D eigenvalue weighted by Gasteiger charge is -1.90. The molecule has 72 valence electrons. The Morgan fingerprint density at radius 3 is 2.71 bits per heavy atom. The van der Waals surface area contributed by atoms with E-state index in [-0.39, 0.29) is 22.9 Å². The van der Waals surface area contributed by atoms with Gasteiger partial charge in [0.15, 0.2) is 0 Å². The van der Waals surface area contributed by atoms with Crippen LogP contribution in [0.2, 0.25) is 10.0 Å². The second-order valence-electron chi connectivity index (χ2n) is 2.42. The Bertz CT molecular complexity index is 516. The number of rotatable bonds is 0. The van der Waals surface area contributed by atoms with Crippen LogP contribution >= 0.6 is 23.2 Å². The van der Waals surface area contributed by atoms with E-state index in [1.807, 2.05) is 0 Å². The molecule has 0 radical (unpaired) electrons. The molecule has 2 aromatic rings.